The molecule has 0 bridgehead atoms. The van der Waals surface area contributed by atoms with Crippen LogP contribution in [-0.4, -0.2) is 12.8 Å². The number of anilines is 1. The van der Waals surface area contributed by atoms with Gasteiger partial charge in [0.15, 0.2) is 0 Å². The zero-order valence-corrected chi connectivity index (χ0v) is 10.9. The summed E-state index contributed by atoms with van der Waals surface area (Å²) in [5.41, 5.74) is 5.25. The van der Waals surface area contributed by atoms with E-state index in [9.17, 15) is 8.78 Å². The molecule has 0 amide bonds. The van der Waals surface area contributed by atoms with Gasteiger partial charge in [0.1, 0.15) is 5.75 Å². The Morgan fingerprint density at radius 3 is 2.55 bits per heavy atom. The molecule has 0 aromatic heterocycles. The van der Waals surface area contributed by atoms with E-state index in [-0.39, 0.29) is 5.75 Å². The lowest BCUT2D eigenvalue weighted by molar-refractivity contribution is -0.0499. The Balaban J connectivity index is 2.10. The van der Waals surface area contributed by atoms with Crippen LogP contribution >= 0.6 is 0 Å². The van der Waals surface area contributed by atoms with Crippen molar-refractivity contribution in [2.24, 2.45) is 5.10 Å². The number of nitrogens with one attached hydrogen (secondary N) is 1. The molecular weight excluding hydrogens is 262 g/mol. The standard InChI is InChI=1S/C15H14F2N2O/c1-11-6-2-4-8-13(11)19-18-10-12-7-3-5-9-14(12)20-15(16)17/h2-10,15,19H,1H3/b18-10-. The number of para-hydroxylation sites is 2. The maximum atomic E-state index is 12.3. The number of ether oxygens (including phenoxy) is 1. The first-order valence-electron chi connectivity index (χ1n) is 6.05. The normalized spacial score (nSPS) is 11.0. The molecule has 0 aliphatic carbocycles. The van der Waals surface area contributed by atoms with Crippen molar-refractivity contribution in [2.45, 2.75) is 13.5 Å². The molecular formula is C15H14F2N2O. The maximum absolute atomic E-state index is 12.3. The third-order valence-corrected chi connectivity index (χ3v) is 2.67. The van der Waals surface area contributed by atoms with Crippen molar-refractivity contribution in [3.63, 3.8) is 0 Å². The van der Waals surface area contributed by atoms with Gasteiger partial charge in [-0.3, -0.25) is 5.43 Å². The minimum Gasteiger partial charge on any atom is -0.434 e. The second-order valence-corrected chi connectivity index (χ2v) is 4.10. The molecule has 0 aliphatic rings. The number of halogens is 2. The average molecular weight is 276 g/mol. The van der Waals surface area contributed by atoms with Crippen LogP contribution in [0.5, 0.6) is 5.75 Å². The summed E-state index contributed by atoms with van der Waals surface area (Å²) in [4.78, 5) is 0. The fraction of sp³-hybridized carbons (Fsp3) is 0.133. The van der Waals surface area contributed by atoms with Crippen LogP contribution in [0.4, 0.5) is 14.5 Å². The molecule has 5 heteroatoms. The summed E-state index contributed by atoms with van der Waals surface area (Å²) in [6.45, 7) is -0.903. The van der Waals surface area contributed by atoms with E-state index >= 15 is 0 Å². The number of hydrogen-bond acceptors (Lipinski definition) is 3. The molecule has 20 heavy (non-hydrogen) atoms. The summed E-state index contributed by atoms with van der Waals surface area (Å²) in [7, 11) is 0. The molecule has 0 radical (unpaired) electrons. The SMILES string of the molecule is Cc1ccccc1N/N=C\c1ccccc1OC(F)F. The van der Waals surface area contributed by atoms with Gasteiger partial charge in [0.25, 0.3) is 0 Å². The van der Waals surface area contributed by atoms with E-state index < -0.39 is 6.61 Å². The van der Waals surface area contributed by atoms with Crippen molar-refractivity contribution in [1.82, 2.24) is 0 Å². The van der Waals surface area contributed by atoms with Gasteiger partial charge in [-0.1, -0.05) is 30.3 Å². The van der Waals surface area contributed by atoms with Crippen molar-refractivity contribution in [1.29, 1.82) is 0 Å². The van der Waals surface area contributed by atoms with Gasteiger partial charge in [-0.05, 0) is 30.7 Å². The van der Waals surface area contributed by atoms with E-state index in [2.05, 4.69) is 15.3 Å². The van der Waals surface area contributed by atoms with Crippen LogP contribution in [0.3, 0.4) is 0 Å². The summed E-state index contributed by atoms with van der Waals surface area (Å²) in [5.74, 6) is 0.0952. The number of rotatable bonds is 5. The smallest absolute Gasteiger partial charge is 0.387 e. The molecule has 0 fully saturated rings. The van der Waals surface area contributed by atoms with Crippen molar-refractivity contribution in [2.75, 3.05) is 5.43 Å². The monoisotopic (exact) mass is 276 g/mol. The highest BCUT2D eigenvalue weighted by Gasteiger charge is 2.07. The average Bonchev–Trinajstić information content (AvgIpc) is 2.42. The first-order valence-corrected chi connectivity index (χ1v) is 6.05. The lowest BCUT2D eigenvalue weighted by atomic mass is 10.2. The topological polar surface area (TPSA) is 33.6 Å². The number of hydrogen-bond donors (Lipinski definition) is 1. The fourth-order valence-corrected chi connectivity index (χ4v) is 1.66. The molecule has 104 valence electrons. The highest BCUT2D eigenvalue weighted by Crippen LogP contribution is 2.19. The zero-order valence-electron chi connectivity index (χ0n) is 10.9. The maximum Gasteiger partial charge on any atom is 0.387 e. The molecule has 0 aliphatic heterocycles. The largest absolute Gasteiger partial charge is 0.434 e. The quantitative estimate of drug-likeness (QED) is 0.660. The van der Waals surface area contributed by atoms with Crippen molar-refractivity contribution in [3.8, 4) is 5.75 Å². The van der Waals surface area contributed by atoms with Crippen molar-refractivity contribution >= 4 is 11.9 Å². The predicted octanol–water partition coefficient (Wildman–Crippen LogP) is 4.04. The number of nitrogens with zero attached hydrogens (tertiary/aromatic N) is 1. The summed E-state index contributed by atoms with van der Waals surface area (Å²) < 4.78 is 28.9. The number of alkyl halides is 2. The van der Waals surface area contributed by atoms with Gasteiger partial charge >= 0.3 is 6.61 Å². The minimum atomic E-state index is -2.85. The third kappa shape index (κ3) is 3.78. The van der Waals surface area contributed by atoms with Gasteiger partial charge in [0.2, 0.25) is 0 Å². The van der Waals surface area contributed by atoms with Crippen LogP contribution < -0.4 is 10.2 Å². The summed E-state index contributed by atoms with van der Waals surface area (Å²) >= 11 is 0. The lowest BCUT2D eigenvalue weighted by Crippen LogP contribution is -2.04. The van der Waals surface area contributed by atoms with E-state index in [1.165, 1.54) is 12.3 Å². The highest BCUT2D eigenvalue weighted by molar-refractivity contribution is 5.84. The van der Waals surface area contributed by atoms with Crippen LogP contribution in [0.15, 0.2) is 53.6 Å². The summed E-state index contributed by atoms with van der Waals surface area (Å²) in [6.07, 6.45) is 1.45. The van der Waals surface area contributed by atoms with Gasteiger partial charge in [-0.15, -0.1) is 0 Å². The molecule has 0 unspecified atom stereocenters. The zero-order chi connectivity index (χ0) is 14.4. The Morgan fingerprint density at radius 2 is 1.80 bits per heavy atom. The first kappa shape index (κ1) is 14.0. The second-order valence-electron chi connectivity index (χ2n) is 4.10. The number of hydrazone groups is 1. The van der Waals surface area contributed by atoms with E-state index in [4.69, 9.17) is 0 Å². The van der Waals surface area contributed by atoms with Gasteiger partial charge in [-0.2, -0.15) is 13.9 Å². The minimum absolute atomic E-state index is 0.0952. The van der Waals surface area contributed by atoms with Gasteiger partial charge in [0.05, 0.1) is 11.9 Å². The molecule has 0 spiro atoms. The molecule has 0 atom stereocenters. The number of aryl methyl sites for hydroxylation is 1. The highest BCUT2D eigenvalue weighted by atomic mass is 19.3. The molecule has 2 aromatic carbocycles. The van der Waals surface area contributed by atoms with Crippen LogP contribution in [-0.2, 0) is 0 Å². The van der Waals surface area contributed by atoms with Gasteiger partial charge < -0.3 is 4.74 Å². The Morgan fingerprint density at radius 1 is 1.10 bits per heavy atom. The van der Waals surface area contributed by atoms with Crippen LogP contribution in [0.25, 0.3) is 0 Å². The van der Waals surface area contributed by atoms with Crippen LogP contribution in [0, 0.1) is 6.92 Å². The van der Waals surface area contributed by atoms with E-state index in [1.807, 2.05) is 31.2 Å². The predicted molar refractivity (Wildman–Crippen MR) is 75.5 cm³/mol. The fourth-order valence-electron chi connectivity index (χ4n) is 1.66. The van der Waals surface area contributed by atoms with Crippen LogP contribution in [0.1, 0.15) is 11.1 Å². The Hall–Kier alpha value is -2.43. The summed E-state index contributed by atoms with van der Waals surface area (Å²) in [6, 6.07) is 14.1. The molecule has 0 saturated heterocycles. The van der Waals surface area contributed by atoms with E-state index in [0.29, 0.717) is 5.56 Å². The Bertz CT molecular complexity index is 600. The second kappa shape index (κ2) is 6.65. The molecule has 0 heterocycles. The third-order valence-electron chi connectivity index (χ3n) is 2.67. The Labute approximate surface area is 115 Å². The van der Waals surface area contributed by atoms with Crippen molar-refractivity contribution < 1.29 is 13.5 Å². The van der Waals surface area contributed by atoms with E-state index in [1.54, 1.807) is 18.2 Å². The van der Waals surface area contributed by atoms with Crippen LogP contribution in [0.2, 0.25) is 0 Å². The van der Waals surface area contributed by atoms with Crippen molar-refractivity contribution in [3.05, 3.63) is 59.7 Å². The molecule has 0 saturated carbocycles. The first-order chi connectivity index (χ1) is 9.66. The van der Waals surface area contributed by atoms with E-state index in [0.717, 1.165) is 11.3 Å². The lowest BCUT2D eigenvalue weighted by Gasteiger charge is -2.07. The Kier molecular flexibility index (Phi) is 4.65. The number of benzene rings is 2. The van der Waals surface area contributed by atoms with Gasteiger partial charge in [-0.25, -0.2) is 0 Å². The molecule has 2 aromatic rings. The molecule has 3 nitrogen and oxygen atoms in total. The molecule has 2 rings (SSSR count). The summed E-state index contributed by atoms with van der Waals surface area (Å²) in [5, 5.41) is 4.04. The van der Waals surface area contributed by atoms with Gasteiger partial charge in [0, 0.05) is 5.56 Å². The molecule has 1 N–H and O–H groups in total.